The highest BCUT2D eigenvalue weighted by atomic mass is 19.1. The molecule has 21 heavy (non-hydrogen) atoms. The second-order valence-electron chi connectivity index (χ2n) is 5.79. The Bertz CT molecular complexity index is 618. The van der Waals surface area contributed by atoms with Crippen LogP contribution in [0.25, 0.3) is 0 Å². The van der Waals surface area contributed by atoms with Crippen LogP contribution in [0.4, 0.5) is 15.8 Å². The van der Waals surface area contributed by atoms with Crippen LogP contribution in [0.3, 0.4) is 0 Å². The summed E-state index contributed by atoms with van der Waals surface area (Å²) < 4.78 is 14.2. The molecule has 2 aromatic rings. The Balaban J connectivity index is 1.88. The van der Waals surface area contributed by atoms with Gasteiger partial charge in [0.1, 0.15) is 5.82 Å². The van der Waals surface area contributed by atoms with Crippen LogP contribution < -0.4 is 10.2 Å². The number of hydrogen-bond donors (Lipinski definition) is 1. The molecule has 1 fully saturated rings. The zero-order valence-electron chi connectivity index (χ0n) is 12.6. The zero-order chi connectivity index (χ0) is 14.8. The summed E-state index contributed by atoms with van der Waals surface area (Å²) in [6.45, 7) is 2.65. The zero-order valence-corrected chi connectivity index (χ0v) is 12.6. The summed E-state index contributed by atoms with van der Waals surface area (Å²) in [5.74, 6) is -0.139. The van der Waals surface area contributed by atoms with Gasteiger partial charge in [-0.15, -0.1) is 0 Å². The van der Waals surface area contributed by atoms with E-state index in [4.69, 9.17) is 0 Å². The lowest BCUT2D eigenvalue weighted by molar-refractivity contribution is 0.587. The molecule has 0 aromatic heterocycles. The molecule has 0 spiro atoms. The lowest BCUT2D eigenvalue weighted by atomic mass is 10.1. The van der Waals surface area contributed by atoms with E-state index in [0.717, 1.165) is 16.9 Å². The number of nitrogens with zero attached hydrogens (tertiary/aromatic N) is 1. The van der Waals surface area contributed by atoms with Gasteiger partial charge in [-0.05, 0) is 44.0 Å². The van der Waals surface area contributed by atoms with Crippen LogP contribution in [0.5, 0.6) is 0 Å². The van der Waals surface area contributed by atoms with Gasteiger partial charge in [0.2, 0.25) is 0 Å². The second-order valence-corrected chi connectivity index (χ2v) is 5.79. The van der Waals surface area contributed by atoms with E-state index < -0.39 is 0 Å². The van der Waals surface area contributed by atoms with E-state index in [1.54, 1.807) is 6.07 Å². The average molecular weight is 284 g/mol. The smallest absolute Gasteiger partial charge is 0.129 e. The first-order valence-electron chi connectivity index (χ1n) is 7.46. The van der Waals surface area contributed by atoms with Crippen molar-refractivity contribution < 1.29 is 4.39 Å². The summed E-state index contributed by atoms with van der Waals surface area (Å²) >= 11 is 0. The Morgan fingerprint density at radius 3 is 2.52 bits per heavy atom. The minimum Gasteiger partial charge on any atom is -0.344 e. The fourth-order valence-corrected chi connectivity index (χ4v) is 2.48. The van der Waals surface area contributed by atoms with Crippen molar-refractivity contribution in [3.05, 3.63) is 59.4 Å². The van der Waals surface area contributed by atoms with Gasteiger partial charge in [0.15, 0.2) is 0 Å². The highest BCUT2D eigenvalue weighted by Gasteiger charge is 2.22. The molecule has 2 nitrogen and oxygen atoms in total. The van der Waals surface area contributed by atoms with Crippen LogP contribution in [-0.4, -0.2) is 13.1 Å². The molecule has 0 saturated heterocycles. The first kappa shape index (κ1) is 14.1. The molecule has 0 amide bonds. The van der Waals surface area contributed by atoms with Crippen LogP contribution >= 0.6 is 0 Å². The summed E-state index contributed by atoms with van der Waals surface area (Å²) in [7, 11) is 1.99. The van der Waals surface area contributed by atoms with Crippen LogP contribution in [0.15, 0.2) is 42.5 Å². The predicted octanol–water partition coefficient (Wildman–Crippen LogP) is 4.15. The van der Waals surface area contributed by atoms with Gasteiger partial charge in [-0.1, -0.05) is 23.8 Å². The van der Waals surface area contributed by atoms with E-state index in [0.29, 0.717) is 12.6 Å². The van der Waals surface area contributed by atoms with Crippen molar-refractivity contribution in [2.45, 2.75) is 32.4 Å². The van der Waals surface area contributed by atoms with Crippen LogP contribution in [0, 0.1) is 12.7 Å². The lowest BCUT2D eigenvalue weighted by Gasteiger charge is -2.23. The summed E-state index contributed by atoms with van der Waals surface area (Å²) in [6, 6.07) is 14.2. The van der Waals surface area contributed by atoms with E-state index in [1.807, 2.05) is 18.0 Å². The average Bonchev–Trinajstić information content (AvgIpc) is 3.30. The topological polar surface area (TPSA) is 15.3 Å². The Morgan fingerprint density at radius 2 is 1.86 bits per heavy atom. The van der Waals surface area contributed by atoms with Gasteiger partial charge in [-0.25, -0.2) is 4.39 Å². The van der Waals surface area contributed by atoms with Crippen molar-refractivity contribution in [1.29, 1.82) is 0 Å². The Morgan fingerprint density at radius 1 is 1.14 bits per heavy atom. The second kappa shape index (κ2) is 5.86. The number of rotatable bonds is 5. The Labute approximate surface area is 125 Å². The van der Waals surface area contributed by atoms with Crippen molar-refractivity contribution >= 4 is 11.4 Å². The predicted molar refractivity (Wildman–Crippen MR) is 85.5 cm³/mol. The SMILES string of the molecule is Cc1ccc(N(C)c2cccc(F)c2CNC2CC2)cc1. The maximum absolute atomic E-state index is 14.2. The van der Waals surface area contributed by atoms with Gasteiger partial charge in [0, 0.05) is 36.6 Å². The largest absolute Gasteiger partial charge is 0.344 e. The summed E-state index contributed by atoms with van der Waals surface area (Å²) in [4.78, 5) is 2.05. The molecule has 0 heterocycles. The van der Waals surface area contributed by atoms with Gasteiger partial charge >= 0.3 is 0 Å². The normalized spacial score (nSPS) is 14.2. The van der Waals surface area contributed by atoms with Crippen molar-refractivity contribution in [2.24, 2.45) is 0 Å². The van der Waals surface area contributed by atoms with E-state index in [-0.39, 0.29) is 5.82 Å². The minimum absolute atomic E-state index is 0.139. The van der Waals surface area contributed by atoms with E-state index in [1.165, 1.54) is 24.5 Å². The molecule has 3 rings (SSSR count). The fourth-order valence-electron chi connectivity index (χ4n) is 2.48. The van der Waals surface area contributed by atoms with Gasteiger partial charge in [-0.2, -0.15) is 0 Å². The number of anilines is 2. The molecule has 1 aliphatic rings. The van der Waals surface area contributed by atoms with Crippen LogP contribution in [0.2, 0.25) is 0 Å². The molecular weight excluding hydrogens is 263 g/mol. The van der Waals surface area contributed by atoms with Crippen molar-refractivity contribution in [1.82, 2.24) is 5.32 Å². The van der Waals surface area contributed by atoms with Gasteiger partial charge < -0.3 is 10.2 Å². The van der Waals surface area contributed by atoms with Gasteiger partial charge in [0.05, 0.1) is 0 Å². The maximum atomic E-state index is 14.2. The van der Waals surface area contributed by atoms with Gasteiger partial charge in [-0.3, -0.25) is 0 Å². The number of halogens is 1. The summed E-state index contributed by atoms with van der Waals surface area (Å²) in [5, 5.41) is 3.40. The first-order valence-corrected chi connectivity index (χ1v) is 7.46. The quantitative estimate of drug-likeness (QED) is 0.887. The molecule has 3 heteroatoms. The highest BCUT2D eigenvalue weighted by Crippen LogP contribution is 2.30. The number of nitrogens with one attached hydrogen (secondary N) is 1. The standard InChI is InChI=1S/C18H21FN2/c1-13-6-10-15(11-7-13)21(2)18-5-3-4-17(19)16(18)12-20-14-8-9-14/h3-7,10-11,14,20H,8-9,12H2,1-2H3. The van der Waals surface area contributed by atoms with Crippen LogP contribution in [-0.2, 0) is 6.54 Å². The van der Waals surface area contributed by atoms with Gasteiger partial charge in [0.25, 0.3) is 0 Å². The number of hydrogen-bond acceptors (Lipinski definition) is 2. The molecule has 0 bridgehead atoms. The first-order chi connectivity index (χ1) is 10.1. The molecule has 1 aliphatic carbocycles. The molecule has 1 N–H and O–H groups in total. The van der Waals surface area contributed by atoms with E-state index >= 15 is 0 Å². The maximum Gasteiger partial charge on any atom is 0.129 e. The van der Waals surface area contributed by atoms with Crippen LogP contribution in [0.1, 0.15) is 24.0 Å². The third-order valence-corrected chi connectivity index (χ3v) is 4.02. The molecule has 2 aromatic carbocycles. The lowest BCUT2D eigenvalue weighted by Crippen LogP contribution is -2.20. The van der Waals surface area contributed by atoms with Crippen molar-refractivity contribution in [3.63, 3.8) is 0 Å². The fraction of sp³-hybridized carbons (Fsp3) is 0.333. The molecule has 0 unspecified atom stereocenters. The van der Waals surface area contributed by atoms with E-state index in [2.05, 4.69) is 36.5 Å². The third-order valence-electron chi connectivity index (χ3n) is 4.02. The molecule has 0 aliphatic heterocycles. The molecule has 0 radical (unpaired) electrons. The monoisotopic (exact) mass is 284 g/mol. The number of aryl methyl sites for hydroxylation is 1. The summed E-state index contributed by atoms with van der Waals surface area (Å²) in [5.41, 5.74) is 3.96. The summed E-state index contributed by atoms with van der Waals surface area (Å²) in [6.07, 6.45) is 2.41. The molecular formula is C18H21FN2. The highest BCUT2D eigenvalue weighted by molar-refractivity contribution is 5.66. The minimum atomic E-state index is -0.139. The van der Waals surface area contributed by atoms with Crippen molar-refractivity contribution in [2.75, 3.05) is 11.9 Å². The third kappa shape index (κ3) is 3.24. The van der Waals surface area contributed by atoms with Crippen molar-refractivity contribution in [3.8, 4) is 0 Å². The Hall–Kier alpha value is -1.87. The van der Waals surface area contributed by atoms with E-state index in [9.17, 15) is 4.39 Å². The number of benzene rings is 2. The Kier molecular flexibility index (Phi) is 3.93. The molecule has 0 atom stereocenters. The molecule has 1 saturated carbocycles. The molecule has 110 valence electrons.